The highest BCUT2D eigenvalue weighted by Gasteiger charge is 2.28. The van der Waals surface area contributed by atoms with Crippen molar-refractivity contribution < 1.29 is 32.9 Å². The number of phosphoric ester groups is 1. The van der Waals surface area contributed by atoms with Gasteiger partial charge in [0.2, 0.25) is 5.91 Å². The van der Waals surface area contributed by atoms with E-state index < -0.39 is 20.0 Å². The lowest BCUT2D eigenvalue weighted by Gasteiger charge is -2.26. The zero-order valence-electron chi connectivity index (χ0n) is 56.8. The Labute approximate surface area is 533 Å². The minimum atomic E-state index is -4.34. The molecule has 0 heterocycles. The molecule has 3 atom stereocenters. The van der Waals surface area contributed by atoms with E-state index in [1.165, 1.54) is 173 Å². The van der Waals surface area contributed by atoms with Gasteiger partial charge in [0.1, 0.15) is 13.2 Å². The van der Waals surface area contributed by atoms with Gasteiger partial charge in [-0.3, -0.25) is 13.8 Å². The fourth-order valence-corrected chi connectivity index (χ4v) is 10.9. The number of carbonyl (C=O) groups is 1. The molecule has 0 aliphatic carbocycles. The third kappa shape index (κ3) is 68.4. The summed E-state index contributed by atoms with van der Waals surface area (Å²) in [5.41, 5.74) is 0. The van der Waals surface area contributed by atoms with E-state index in [0.717, 1.165) is 109 Å². The molecule has 3 N–H and O–H groups in total. The second kappa shape index (κ2) is 66.3. The van der Waals surface area contributed by atoms with E-state index in [9.17, 15) is 19.4 Å². The van der Waals surface area contributed by atoms with E-state index >= 15 is 0 Å². The van der Waals surface area contributed by atoms with Crippen LogP contribution in [0.25, 0.3) is 0 Å². The van der Waals surface area contributed by atoms with E-state index in [-0.39, 0.29) is 19.1 Å². The largest absolute Gasteiger partial charge is 0.472 e. The zero-order valence-corrected chi connectivity index (χ0v) is 57.7. The number of nitrogens with zero attached hydrogens (tertiary/aromatic N) is 1. The van der Waals surface area contributed by atoms with Crippen LogP contribution in [0.1, 0.15) is 309 Å². The van der Waals surface area contributed by atoms with Crippen molar-refractivity contribution in [2.45, 2.75) is 321 Å². The Kier molecular flexibility index (Phi) is 63.9. The van der Waals surface area contributed by atoms with Crippen LogP contribution >= 0.6 is 7.82 Å². The zero-order chi connectivity index (χ0) is 62.6. The lowest BCUT2D eigenvalue weighted by Crippen LogP contribution is -2.46. The first-order chi connectivity index (χ1) is 42.0. The smallest absolute Gasteiger partial charge is 0.391 e. The van der Waals surface area contributed by atoms with Crippen molar-refractivity contribution in [3.05, 3.63) is 122 Å². The number of quaternary nitrogens is 1. The number of amides is 1. The standard InChI is InChI=1S/C77H137N2O6P/c1-6-8-10-12-14-16-18-20-22-24-26-28-30-31-32-33-34-35-36-37-38-39-40-41-42-43-44-45-46-47-49-51-53-55-57-59-61-63-65-67-69-71-77(81)78-75(74-85-86(82,83)84-73-72-79(3,4)5)76(80)70-68-66-64-62-60-58-56-54-52-50-48-29-27-25-23-21-19-17-15-13-11-9-7-2/h8,10,14,16,20,22,26,28,31-32,34-35,37-38,40-41,43-44,46-47,75-76,80H,6-7,9,11-13,15,17-19,21,23-25,27,29-30,33,36,39,42,45,48-74H2,1-5H3,(H-,78,81,82,83)/p+1/b10-8-,16-14-,22-20-,28-26-,32-31-,35-34-,38-37-,41-40-,44-43-,47-46-. The van der Waals surface area contributed by atoms with Crippen molar-refractivity contribution >= 4 is 13.7 Å². The van der Waals surface area contributed by atoms with Crippen LogP contribution in [-0.4, -0.2) is 73.4 Å². The number of nitrogens with one attached hydrogen (secondary N) is 1. The number of unbranched alkanes of at least 4 members (excludes halogenated alkanes) is 32. The third-order valence-electron chi connectivity index (χ3n) is 15.7. The molecule has 0 bridgehead atoms. The van der Waals surface area contributed by atoms with E-state index in [4.69, 9.17) is 9.05 Å². The maximum Gasteiger partial charge on any atom is 0.472 e. The van der Waals surface area contributed by atoms with Crippen LogP contribution in [-0.2, 0) is 18.4 Å². The van der Waals surface area contributed by atoms with Gasteiger partial charge in [-0.15, -0.1) is 0 Å². The summed E-state index contributed by atoms with van der Waals surface area (Å²) in [7, 11) is 1.61. The molecule has 0 aromatic carbocycles. The van der Waals surface area contributed by atoms with Gasteiger partial charge in [0, 0.05) is 6.42 Å². The molecule has 0 radical (unpaired) electrons. The Morgan fingerprint density at radius 1 is 0.407 bits per heavy atom. The van der Waals surface area contributed by atoms with Crippen molar-refractivity contribution in [3.63, 3.8) is 0 Å². The molecule has 86 heavy (non-hydrogen) atoms. The van der Waals surface area contributed by atoms with Crippen molar-refractivity contribution in [2.24, 2.45) is 0 Å². The molecule has 9 heteroatoms. The van der Waals surface area contributed by atoms with Crippen LogP contribution in [0.2, 0.25) is 0 Å². The van der Waals surface area contributed by atoms with Crippen molar-refractivity contribution in [2.75, 3.05) is 40.9 Å². The van der Waals surface area contributed by atoms with Gasteiger partial charge in [-0.2, -0.15) is 0 Å². The molecule has 0 aromatic rings. The minimum Gasteiger partial charge on any atom is -0.391 e. The van der Waals surface area contributed by atoms with Crippen molar-refractivity contribution in [3.8, 4) is 0 Å². The van der Waals surface area contributed by atoms with Crippen molar-refractivity contribution in [1.29, 1.82) is 0 Å². The second-order valence-electron chi connectivity index (χ2n) is 25.2. The van der Waals surface area contributed by atoms with Crippen LogP contribution < -0.4 is 5.32 Å². The van der Waals surface area contributed by atoms with Gasteiger partial charge in [-0.05, 0) is 89.9 Å². The second-order valence-corrected chi connectivity index (χ2v) is 26.7. The fraction of sp³-hybridized carbons (Fsp3) is 0.727. The van der Waals surface area contributed by atoms with Gasteiger partial charge in [0.25, 0.3) is 0 Å². The van der Waals surface area contributed by atoms with Crippen LogP contribution in [0.5, 0.6) is 0 Å². The number of allylic oxidation sites excluding steroid dienone is 20. The van der Waals surface area contributed by atoms with Crippen LogP contribution in [0.3, 0.4) is 0 Å². The summed E-state index contributed by atoms with van der Waals surface area (Å²) in [5, 5.41) is 14.1. The molecule has 0 saturated heterocycles. The average Bonchev–Trinajstić information content (AvgIpc) is 3.70. The third-order valence-corrected chi connectivity index (χ3v) is 16.7. The number of aliphatic hydroxyl groups is 1. The molecule has 0 fully saturated rings. The normalized spacial score (nSPS) is 14.4. The first-order valence-electron chi connectivity index (χ1n) is 35.9. The molecule has 8 nitrogen and oxygen atoms in total. The summed E-state index contributed by atoms with van der Waals surface area (Å²) in [4.78, 5) is 23.5. The summed E-state index contributed by atoms with van der Waals surface area (Å²) in [6.45, 7) is 4.79. The van der Waals surface area contributed by atoms with Crippen molar-refractivity contribution in [1.82, 2.24) is 5.32 Å². The van der Waals surface area contributed by atoms with Crippen LogP contribution in [0.15, 0.2) is 122 Å². The van der Waals surface area contributed by atoms with E-state index in [0.29, 0.717) is 23.9 Å². The summed E-state index contributed by atoms with van der Waals surface area (Å²) in [6, 6.07) is -0.772. The Bertz CT molecular complexity index is 1820. The summed E-state index contributed by atoms with van der Waals surface area (Å²) in [5.74, 6) is -0.150. The minimum absolute atomic E-state index is 0.0696. The number of hydrogen-bond donors (Lipinski definition) is 3. The number of hydrogen-bond acceptors (Lipinski definition) is 5. The lowest BCUT2D eigenvalue weighted by atomic mass is 10.0. The Hall–Kier alpha value is -3.10. The first kappa shape index (κ1) is 82.9. The molecule has 0 spiro atoms. The highest BCUT2D eigenvalue weighted by Crippen LogP contribution is 2.43. The van der Waals surface area contributed by atoms with Crippen LogP contribution in [0, 0.1) is 0 Å². The molecule has 0 aromatic heterocycles. The number of phosphoric acid groups is 1. The molecule has 496 valence electrons. The fourth-order valence-electron chi connectivity index (χ4n) is 10.2. The molecule has 0 rings (SSSR count). The van der Waals surface area contributed by atoms with Gasteiger partial charge in [0.15, 0.2) is 0 Å². The predicted octanol–water partition coefficient (Wildman–Crippen LogP) is 23.2. The van der Waals surface area contributed by atoms with E-state index in [2.05, 4.69) is 141 Å². The summed E-state index contributed by atoms with van der Waals surface area (Å²) < 4.78 is 23.9. The Morgan fingerprint density at radius 3 is 1.02 bits per heavy atom. The first-order valence-corrected chi connectivity index (χ1v) is 37.4. The molecule has 0 aliphatic heterocycles. The molecular weight excluding hydrogens is 1080 g/mol. The number of rotatable bonds is 65. The Balaban J connectivity index is 4.07. The molecule has 0 saturated carbocycles. The predicted molar refractivity (Wildman–Crippen MR) is 378 cm³/mol. The van der Waals surface area contributed by atoms with Gasteiger partial charge in [-0.25, -0.2) is 4.57 Å². The molecule has 3 unspecified atom stereocenters. The Morgan fingerprint density at radius 2 is 0.698 bits per heavy atom. The van der Waals surface area contributed by atoms with Gasteiger partial charge < -0.3 is 19.8 Å². The highest BCUT2D eigenvalue weighted by molar-refractivity contribution is 7.47. The maximum absolute atomic E-state index is 13.1. The van der Waals surface area contributed by atoms with Crippen LogP contribution in [0.4, 0.5) is 0 Å². The molecule has 1 amide bonds. The highest BCUT2D eigenvalue weighted by atomic mass is 31.2. The topological polar surface area (TPSA) is 105 Å². The molecular formula is C77H138N2O6P+. The van der Waals surface area contributed by atoms with Gasteiger partial charge in [-0.1, -0.05) is 334 Å². The maximum atomic E-state index is 13.1. The van der Waals surface area contributed by atoms with E-state index in [1.807, 2.05) is 21.1 Å². The summed E-state index contributed by atoms with van der Waals surface area (Å²) >= 11 is 0. The summed E-state index contributed by atoms with van der Waals surface area (Å²) in [6.07, 6.45) is 98.7. The van der Waals surface area contributed by atoms with Gasteiger partial charge >= 0.3 is 7.82 Å². The quantitative estimate of drug-likeness (QED) is 0.0243. The SMILES string of the molecule is CC/C=C\C/C=C\C/C=C\C/C=C\C/C=C\C/C=C\C/C=C\C/C=C\C/C=C\C/C=C\CCCCCCCCCCCCC(=O)NC(COP(=O)(O)OCC[N+](C)(C)C)C(O)CCCCCCCCCCCCCCCCCCCCCCCCC. The molecule has 0 aliphatic rings. The number of carbonyl (C=O) groups excluding carboxylic acids is 1. The lowest BCUT2D eigenvalue weighted by molar-refractivity contribution is -0.870. The number of aliphatic hydroxyl groups excluding tert-OH is 1. The average molecular weight is 1220 g/mol. The number of likely N-dealkylation sites (N-methyl/N-ethyl adjacent to an activating group) is 1. The van der Waals surface area contributed by atoms with E-state index in [1.54, 1.807) is 0 Å². The monoisotopic (exact) mass is 1220 g/mol. The van der Waals surface area contributed by atoms with Gasteiger partial charge in [0.05, 0.1) is 39.9 Å².